The van der Waals surface area contributed by atoms with E-state index in [1.165, 1.54) is 19.3 Å². The SMILES string of the molecule is CNC[C@H]1C=CN(C(N)=NC2CCCCC2)C[C@@]12[C@@H]1CC[C@@H](C)[C@]23C[C@H](O)C(C(=O)O)=C3C1. The van der Waals surface area contributed by atoms with Crippen LogP contribution in [0.4, 0.5) is 0 Å². The van der Waals surface area contributed by atoms with E-state index in [0.29, 0.717) is 30.3 Å². The molecule has 4 aliphatic carbocycles. The van der Waals surface area contributed by atoms with Gasteiger partial charge in [-0.05, 0) is 68.9 Å². The number of carbonyl (C=O) groups is 1. The van der Waals surface area contributed by atoms with Crippen LogP contribution in [-0.4, -0.2) is 59.3 Å². The quantitative estimate of drug-likeness (QED) is 0.382. The van der Waals surface area contributed by atoms with E-state index in [4.69, 9.17) is 10.7 Å². The second-order valence-corrected chi connectivity index (χ2v) is 11.2. The van der Waals surface area contributed by atoms with Crippen LogP contribution in [0.5, 0.6) is 0 Å². The van der Waals surface area contributed by atoms with Gasteiger partial charge in [-0.15, -0.1) is 0 Å². The Hall–Kier alpha value is -1.86. The molecule has 5 N–H and O–H groups in total. The minimum Gasteiger partial charge on any atom is -0.478 e. The summed E-state index contributed by atoms with van der Waals surface area (Å²) in [5.41, 5.74) is 7.46. The van der Waals surface area contributed by atoms with Crippen LogP contribution in [0.2, 0.25) is 0 Å². The van der Waals surface area contributed by atoms with Gasteiger partial charge in [-0.3, -0.25) is 0 Å². The van der Waals surface area contributed by atoms with Crippen LogP contribution in [0.25, 0.3) is 0 Å². The van der Waals surface area contributed by atoms with E-state index in [2.05, 4.69) is 29.4 Å². The number of rotatable bonds is 4. The highest BCUT2D eigenvalue weighted by atomic mass is 16.4. The first kappa shape index (κ1) is 22.9. The highest BCUT2D eigenvalue weighted by molar-refractivity contribution is 5.90. The average Bonchev–Trinajstić information content (AvgIpc) is 3.16. The molecule has 33 heavy (non-hydrogen) atoms. The van der Waals surface area contributed by atoms with E-state index < -0.39 is 12.1 Å². The van der Waals surface area contributed by atoms with Gasteiger partial charge in [0.25, 0.3) is 0 Å². The lowest BCUT2D eigenvalue weighted by Gasteiger charge is -2.60. The number of hydrogen-bond donors (Lipinski definition) is 4. The van der Waals surface area contributed by atoms with Crippen molar-refractivity contribution >= 4 is 11.9 Å². The lowest BCUT2D eigenvalue weighted by molar-refractivity contribution is -0.133. The smallest absolute Gasteiger partial charge is 0.334 e. The Balaban J connectivity index is 1.59. The number of aliphatic imine (C=N–C) groups is 1. The Morgan fingerprint density at radius 3 is 2.73 bits per heavy atom. The van der Waals surface area contributed by atoms with Crippen molar-refractivity contribution < 1.29 is 15.0 Å². The molecule has 7 heteroatoms. The number of guanidine groups is 1. The number of aliphatic carboxylic acids is 1. The van der Waals surface area contributed by atoms with Crippen molar-refractivity contribution in [2.45, 2.75) is 76.9 Å². The first-order valence-corrected chi connectivity index (χ1v) is 12.9. The maximum absolute atomic E-state index is 12.2. The molecule has 1 heterocycles. The summed E-state index contributed by atoms with van der Waals surface area (Å²) in [7, 11) is 1.99. The van der Waals surface area contributed by atoms with Crippen LogP contribution in [-0.2, 0) is 4.79 Å². The summed E-state index contributed by atoms with van der Waals surface area (Å²) in [5.74, 6) is 0.612. The van der Waals surface area contributed by atoms with Crippen LogP contribution in [0, 0.1) is 28.6 Å². The fourth-order valence-electron chi connectivity index (χ4n) is 8.65. The number of allylic oxidation sites excluding steroid dienone is 1. The molecular formula is C26H40N4O3. The topological polar surface area (TPSA) is 111 Å². The Bertz CT molecular complexity index is 892. The van der Waals surface area contributed by atoms with Crippen LogP contribution >= 0.6 is 0 Å². The van der Waals surface area contributed by atoms with Gasteiger partial charge in [0.2, 0.25) is 0 Å². The molecule has 5 aliphatic rings. The normalized spacial score (nSPS) is 41.2. The zero-order valence-electron chi connectivity index (χ0n) is 20.1. The molecule has 3 fully saturated rings. The second kappa shape index (κ2) is 8.42. The number of nitrogens with one attached hydrogen (secondary N) is 1. The molecule has 6 atom stereocenters. The summed E-state index contributed by atoms with van der Waals surface area (Å²) in [6.07, 6.45) is 12.9. The summed E-state index contributed by atoms with van der Waals surface area (Å²) in [5, 5.41) is 24.4. The molecule has 0 aromatic carbocycles. The molecule has 7 nitrogen and oxygen atoms in total. The number of hydrogen-bond acceptors (Lipinski definition) is 4. The Labute approximate surface area is 197 Å². The number of carboxylic acid groups (broad SMARTS) is 1. The number of nitrogens with two attached hydrogens (primary N) is 1. The van der Waals surface area contributed by atoms with Gasteiger partial charge in [-0.25, -0.2) is 9.79 Å². The molecule has 0 aromatic rings. The summed E-state index contributed by atoms with van der Waals surface area (Å²) >= 11 is 0. The van der Waals surface area contributed by atoms with E-state index in [9.17, 15) is 15.0 Å². The Morgan fingerprint density at radius 2 is 2.03 bits per heavy atom. The van der Waals surface area contributed by atoms with Gasteiger partial charge in [-0.1, -0.05) is 32.3 Å². The van der Waals surface area contributed by atoms with Crippen molar-refractivity contribution in [3.63, 3.8) is 0 Å². The van der Waals surface area contributed by atoms with Crippen LogP contribution in [0.15, 0.2) is 28.4 Å². The van der Waals surface area contributed by atoms with Crippen molar-refractivity contribution in [3.8, 4) is 0 Å². The molecule has 1 aliphatic heterocycles. The number of nitrogens with zero attached hydrogens (tertiary/aromatic N) is 2. The summed E-state index contributed by atoms with van der Waals surface area (Å²) in [6.45, 7) is 3.86. The first-order valence-electron chi connectivity index (χ1n) is 12.9. The zero-order valence-corrected chi connectivity index (χ0v) is 20.1. The standard InChI is InChI=1S/C26H40N4O3/c1-16-8-9-17-12-20-22(23(32)33)21(31)13-25(16,20)26(17)15-30(11-10-18(26)14-28-2)24(27)29-19-6-4-3-5-7-19/h10-11,16-19,21,28,31H,3-9,12-15H2,1-2H3,(H2,27,29)(H,32,33)/t16-,17-,18-,21+,25+,26-/m1/s1. The third-order valence-electron chi connectivity index (χ3n) is 9.94. The number of aliphatic hydroxyl groups is 1. The predicted molar refractivity (Wildman–Crippen MR) is 128 cm³/mol. The monoisotopic (exact) mass is 456 g/mol. The summed E-state index contributed by atoms with van der Waals surface area (Å²) in [6, 6.07) is 0.306. The van der Waals surface area contributed by atoms with E-state index in [1.54, 1.807) is 0 Å². The van der Waals surface area contributed by atoms with Gasteiger partial charge in [0.15, 0.2) is 5.96 Å². The van der Waals surface area contributed by atoms with Gasteiger partial charge in [0.1, 0.15) is 0 Å². The molecule has 2 bridgehead atoms. The van der Waals surface area contributed by atoms with Gasteiger partial charge in [0, 0.05) is 30.1 Å². The van der Waals surface area contributed by atoms with E-state index >= 15 is 0 Å². The van der Waals surface area contributed by atoms with Gasteiger partial charge in [0.05, 0.1) is 17.7 Å². The van der Waals surface area contributed by atoms with Gasteiger partial charge in [-0.2, -0.15) is 0 Å². The molecule has 3 saturated carbocycles. The number of carboxylic acids is 1. The Morgan fingerprint density at radius 1 is 1.27 bits per heavy atom. The summed E-state index contributed by atoms with van der Waals surface area (Å²) < 4.78 is 0. The van der Waals surface area contributed by atoms with Crippen molar-refractivity contribution in [1.29, 1.82) is 0 Å². The molecule has 0 unspecified atom stereocenters. The van der Waals surface area contributed by atoms with Crippen LogP contribution in [0.3, 0.4) is 0 Å². The molecule has 0 radical (unpaired) electrons. The zero-order chi connectivity index (χ0) is 23.4. The molecule has 5 rings (SSSR count). The third kappa shape index (κ3) is 3.22. The average molecular weight is 457 g/mol. The van der Waals surface area contributed by atoms with E-state index in [0.717, 1.165) is 50.8 Å². The van der Waals surface area contributed by atoms with Crippen molar-refractivity contribution in [2.24, 2.45) is 39.3 Å². The maximum Gasteiger partial charge on any atom is 0.334 e. The lowest BCUT2D eigenvalue weighted by Crippen LogP contribution is -2.62. The van der Waals surface area contributed by atoms with E-state index in [1.807, 2.05) is 7.05 Å². The first-order chi connectivity index (χ1) is 15.8. The Kier molecular flexibility index (Phi) is 5.84. The number of aliphatic hydroxyl groups excluding tert-OH is 1. The minimum absolute atomic E-state index is 0.164. The molecule has 2 spiro atoms. The van der Waals surface area contributed by atoms with Gasteiger partial charge >= 0.3 is 5.97 Å². The maximum atomic E-state index is 12.2. The molecule has 182 valence electrons. The molecule has 0 saturated heterocycles. The fourth-order valence-corrected chi connectivity index (χ4v) is 8.65. The largest absolute Gasteiger partial charge is 0.478 e. The highest BCUT2D eigenvalue weighted by Gasteiger charge is 2.72. The minimum atomic E-state index is -0.948. The second-order valence-electron chi connectivity index (χ2n) is 11.2. The highest BCUT2D eigenvalue weighted by Crippen LogP contribution is 2.75. The third-order valence-corrected chi connectivity index (χ3v) is 9.94. The molecular weight excluding hydrogens is 416 g/mol. The van der Waals surface area contributed by atoms with Crippen LogP contribution in [0.1, 0.15) is 64.7 Å². The van der Waals surface area contributed by atoms with E-state index in [-0.39, 0.29) is 22.3 Å². The molecule has 0 amide bonds. The van der Waals surface area contributed by atoms with Crippen molar-refractivity contribution in [3.05, 3.63) is 23.4 Å². The van der Waals surface area contributed by atoms with Gasteiger partial charge < -0.3 is 26.2 Å². The summed E-state index contributed by atoms with van der Waals surface area (Å²) in [4.78, 5) is 19.3. The van der Waals surface area contributed by atoms with Crippen molar-refractivity contribution in [1.82, 2.24) is 10.2 Å². The predicted octanol–water partition coefficient (Wildman–Crippen LogP) is 2.87. The fraction of sp³-hybridized carbons (Fsp3) is 0.769. The molecule has 0 aromatic heterocycles. The lowest BCUT2D eigenvalue weighted by atomic mass is 9.46. The van der Waals surface area contributed by atoms with Crippen LogP contribution < -0.4 is 11.1 Å². The van der Waals surface area contributed by atoms with Crippen molar-refractivity contribution in [2.75, 3.05) is 20.1 Å².